The molecule has 0 fully saturated rings. The Labute approximate surface area is 95.2 Å². The average molecular weight is 217 g/mol. The normalized spacial score (nSPS) is 13.1. The van der Waals surface area contributed by atoms with E-state index in [-0.39, 0.29) is 0 Å². The van der Waals surface area contributed by atoms with Crippen molar-refractivity contribution in [2.24, 2.45) is 5.73 Å². The summed E-state index contributed by atoms with van der Waals surface area (Å²) in [7, 11) is 0. The number of nitrogens with two attached hydrogens (primary N) is 1. The number of hydrogen-bond acceptors (Lipinski definition) is 2. The lowest BCUT2D eigenvalue weighted by atomic mass is 10.1. The van der Waals surface area contributed by atoms with E-state index in [1.165, 1.54) is 57.8 Å². The Kier molecular flexibility index (Phi) is 11.6. The van der Waals surface area contributed by atoms with Crippen LogP contribution in [0.1, 0.15) is 64.7 Å². The molecule has 1 nitrogen and oxygen atoms in total. The second kappa shape index (κ2) is 11.4. The molecule has 0 rings (SSSR count). The van der Waals surface area contributed by atoms with E-state index in [1.54, 1.807) is 0 Å². The molecule has 0 saturated carbocycles. The summed E-state index contributed by atoms with van der Waals surface area (Å²) in [6.45, 7) is 2.99. The van der Waals surface area contributed by atoms with Gasteiger partial charge in [0.15, 0.2) is 0 Å². The van der Waals surface area contributed by atoms with Gasteiger partial charge in [-0.1, -0.05) is 58.3 Å². The van der Waals surface area contributed by atoms with Crippen molar-refractivity contribution in [3.63, 3.8) is 0 Å². The minimum atomic E-state index is 0.426. The number of thiol groups is 1. The molecule has 0 heterocycles. The summed E-state index contributed by atoms with van der Waals surface area (Å²) >= 11 is 4.38. The summed E-state index contributed by atoms with van der Waals surface area (Å²) in [6.07, 6.45) is 12.3. The molecule has 86 valence electrons. The number of unbranched alkanes of at least 4 members (excludes halogenated alkanes) is 7. The quantitative estimate of drug-likeness (QED) is 0.423. The standard InChI is InChI=1S/C12H27NS/c1-2-3-4-5-6-7-8-9-10-12(14)11-13/h12,14H,2-11,13H2,1H3. The molecule has 0 saturated heterocycles. The lowest BCUT2D eigenvalue weighted by molar-refractivity contribution is 0.561. The second-order valence-electron chi connectivity index (χ2n) is 4.15. The van der Waals surface area contributed by atoms with Crippen LogP contribution in [0.3, 0.4) is 0 Å². The zero-order valence-corrected chi connectivity index (χ0v) is 10.6. The van der Waals surface area contributed by atoms with Gasteiger partial charge in [-0.2, -0.15) is 12.6 Å². The number of rotatable bonds is 10. The van der Waals surface area contributed by atoms with E-state index in [9.17, 15) is 0 Å². The third-order valence-electron chi connectivity index (χ3n) is 2.66. The Morgan fingerprint density at radius 2 is 1.43 bits per heavy atom. The molecule has 1 unspecified atom stereocenters. The molecule has 0 amide bonds. The average Bonchev–Trinajstić information content (AvgIpc) is 2.21. The van der Waals surface area contributed by atoms with Crippen molar-refractivity contribution >= 4 is 12.6 Å². The van der Waals surface area contributed by atoms with Crippen molar-refractivity contribution in [3.05, 3.63) is 0 Å². The molecule has 0 aliphatic rings. The fourth-order valence-electron chi connectivity index (χ4n) is 1.63. The molecule has 0 aliphatic heterocycles. The second-order valence-corrected chi connectivity index (χ2v) is 4.88. The molecule has 0 spiro atoms. The van der Waals surface area contributed by atoms with Crippen LogP contribution >= 0.6 is 12.6 Å². The van der Waals surface area contributed by atoms with Crippen molar-refractivity contribution in [1.29, 1.82) is 0 Å². The molecule has 0 aromatic rings. The van der Waals surface area contributed by atoms with Gasteiger partial charge in [0.05, 0.1) is 0 Å². The van der Waals surface area contributed by atoms with Gasteiger partial charge in [-0.3, -0.25) is 0 Å². The highest BCUT2D eigenvalue weighted by atomic mass is 32.1. The van der Waals surface area contributed by atoms with Gasteiger partial charge in [0.2, 0.25) is 0 Å². The van der Waals surface area contributed by atoms with Crippen LogP contribution in [0.4, 0.5) is 0 Å². The van der Waals surface area contributed by atoms with E-state index in [4.69, 9.17) is 5.73 Å². The van der Waals surface area contributed by atoms with Crippen molar-refractivity contribution in [3.8, 4) is 0 Å². The fraction of sp³-hybridized carbons (Fsp3) is 1.00. The van der Waals surface area contributed by atoms with Crippen LogP contribution in [0.2, 0.25) is 0 Å². The zero-order chi connectivity index (χ0) is 10.6. The van der Waals surface area contributed by atoms with Crippen LogP contribution in [0.15, 0.2) is 0 Å². The highest BCUT2D eigenvalue weighted by Crippen LogP contribution is 2.11. The molecule has 0 radical (unpaired) electrons. The molecule has 0 bridgehead atoms. The molecular weight excluding hydrogens is 190 g/mol. The minimum Gasteiger partial charge on any atom is -0.329 e. The van der Waals surface area contributed by atoms with Crippen LogP contribution < -0.4 is 5.73 Å². The summed E-state index contributed by atoms with van der Waals surface area (Å²) in [5, 5.41) is 0.426. The summed E-state index contributed by atoms with van der Waals surface area (Å²) < 4.78 is 0. The maximum absolute atomic E-state index is 5.49. The Balaban J connectivity index is 2.92. The van der Waals surface area contributed by atoms with E-state index in [0.29, 0.717) is 5.25 Å². The third kappa shape index (κ3) is 10.4. The zero-order valence-electron chi connectivity index (χ0n) is 9.67. The van der Waals surface area contributed by atoms with Crippen molar-refractivity contribution in [1.82, 2.24) is 0 Å². The Morgan fingerprint density at radius 1 is 0.929 bits per heavy atom. The van der Waals surface area contributed by atoms with Crippen molar-refractivity contribution < 1.29 is 0 Å². The summed E-state index contributed by atoms with van der Waals surface area (Å²) in [5.41, 5.74) is 5.49. The van der Waals surface area contributed by atoms with E-state index >= 15 is 0 Å². The highest BCUT2D eigenvalue weighted by Gasteiger charge is 1.98. The molecule has 1 atom stereocenters. The van der Waals surface area contributed by atoms with E-state index in [0.717, 1.165) is 6.54 Å². The smallest absolute Gasteiger partial charge is 0.0140 e. The minimum absolute atomic E-state index is 0.426. The summed E-state index contributed by atoms with van der Waals surface area (Å²) in [4.78, 5) is 0. The topological polar surface area (TPSA) is 26.0 Å². The lowest BCUT2D eigenvalue weighted by Gasteiger charge is -2.06. The first kappa shape index (κ1) is 14.3. The largest absolute Gasteiger partial charge is 0.329 e. The van der Waals surface area contributed by atoms with Gasteiger partial charge < -0.3 is 5.73 Å². The van der Waals surface area contributed by atoms with Crippen LogP contribution in [-0.2, 0) is 0 Å². The molecular formula is C12H27NS. The van der Waals surface area contributed by atoms with Crippen LogP contribution in [-0.4, -0.2) is 11.8 Å². The van der Waals surface area contributed by atoms with Gasteiger partial charge in [0, 0.05) is 11.8 Å². The molecule has 2 N–H and O–H groups in total. The number of hydrogen-bond donors (Lipinski definition) is 2. The first-order chi connectivity index (χ1) is 6.81. The summed E-state index contributed by atoms with van der Waals surface area (Å²) in [6, 6.07) is 0. The predicted octanol–water partition coefficient (Wildman–Crippen LogP) is 3.77. The first-order valence-corrected chi connectivity index (χ1v) is 6.71. The van der Waals surface area contributed by atoms with Crippen LogP contribution in [0.5, 0.6) is 0 Å². The van der Waals surface area contributed by atoms with Gasteiger partial charge in [-0.15, -0.1) is 0 Å². The summed E-state index contributed by atoms with van der Waals surface area (Å²) in [5.74, 6) is 0. The van der Waals surface area contributed by atoms with Gasteiger partial charge >= 0.3 is 0 Å². The van der Waals surface area contributed by atoms with E-state index < -0.39 is 0 Å². The van der Waals surface area contributed by atoms with Crippen LogP contribution in [0.25, 0.3) is 0 Å². The van der Waals surface area contributed by atoms with Crippen molar-refractivity contribution in [2.45, 2.75) is 70.0 Å². The molecule has 14 heavy (non-hydrogen) atoms. The predicted molar refractivity (Wildman–Crippen MR) is 69.1 cm³/mol. The van der Waals surface area contributed by atoms with Gasteiger partial charge in [0.1, 0.15) is 0 Å². The Morgan fingerprint density at radius 3 is 1.93 bits per heavy atom. The molecule has 0 aliphatic carbocycles. The fourth-order valence-corrected chi connectivity index (χ4v) is 1.81. The third-order valence-corrected chi connectivity index (χ3v) is 3.13. The van der Waals surface area contributed by atoms with Gasteiger partial charge in [0.25, 0.3) is 0 Å². The molecule has 0 aromatic heterocycles. The molecule has 2 heteroatoms. The van der Waals surface area contributed by atoms with E-state index in [1.807, 2.05) is 0 Å². The Hall–Kier alpha value is 0.310. The highest BCUT2D eigenvalue weighted by molar-refractivity contribution is 7.81. The Bertz CT molecular complexity index is 106. The van der Waals surface area contributed by atoms with Crippen LogP contribution in [0, 0.1) is 0 Å². The maximum atomic E-state index is 5.49. The first-order valence-electron chi connectivity index (χ1n) is 6.19. The SMILES string of the molecule is CCCCCCCCCCC(S)CN. The van der Waals surface area contributed by atoms with Crippen molar-refractivity contribution in [2.75, 3.05) is 6.54 Å². The van der Waals surface area contributed by atoms with Gasteiger partial charge in [-0.25, -0.2) is 0 Å². The van der Waals surface area contributed by atoms with Gasteiger partial charge in [-0.05, 0) is 6.42 Å². The lowest BCUT2D eigenvalue weighted by Crippen LogP contribution is -2.13. The monoisotopic (exact) mass is 217 g/mol. The maximum Gasteiger partial charge on any atom is 0.0140 e. The molecule has 0 aromatic carbocycles. The van der Waals surface area contributed by atoms with E-state index in [2.05, 4.69) is 19.6 Å².